The van der Waals surface area contributed by atoms with Crippen LogP contribution in [0.3, 0.4) is 0 Å². The van der Waals surface area contributed by atoms with Crippen LogP contribution in [0.15, 0.2) is 66.7 Å². The number of carboxylic acid groups (broad SMARTS) is 1. The number of aliphatic carboxylic acids is 1. The second-order valence-electron chi connectivity index (χ2n) is 11.0. The molecule has 0 spiro atoms. The maximum Gasteiger partial charge on any atom is 0.347 e. The number of para-hydroxylation sites is 1. The van der Waals surface area contributed by atoms with Gasteiger partial charge in [0, 0.05) is 24.6 Å². The van der Waals surface area contributed by atoms with Crippen molar-refractivity contribution in [2.75, 3.05) is 13.1 Å². The summed E-state index contributed by atoms with van der Waals surface area (Å²) in [5.41, 5.74) is 1.79. The summed E-state index contributed by atoms with van der Waals surface area (Å²) in [6, 6.07) is 18.5. The zero-order chi connectivity index (χ0) is 29.0. The number of hydrogen-bond donors (Lipinski definition) is 2. The lowest BCUT2D eigenvalue weighted by molar-refractivity contribution is -0.152. The molecule has 3 aromatic carbocycles. The van der Waals surface area contributed by atoms with Gasteiger partial charge in [-0.25, -0.2) is 14.1 Å². The number of aliphatic hydroxyl groups excluding tert-OH is 1. The van der Waals surface area contributed by atoms with Gasteiger partial charge in [0.15, 0.2) is 11.4 Å². The monoisotopic (exact) mass is 549 g/mol. The average molecular weight is 550 g/mol. The van der Waals surface area contributed by atoms with Crippen LogP contribution in [0.25, 0.3) is 0 Å². The minimum Gasteiger partial charge on any atom is -0.478 e. The van der Waals surface area contributed by atoms with Crippen molar-refractivity contribution in [2.24, 2.45) is 11.8 Å². The Balaban J connectivity index is 1.51. The molecule has 2 N–H and O–H groups in total. The van der Waals surface area contributed by atoms with E-state index in [9.17, 15) is 24.2 Å². The second kappa shape index (κ2) is 12.2. The predicted octanol–water partition coefficient (Wildman–Crippen LogP) is 5.40. The van der Waals surface area contributed by atoms with Crippen LogP contribution in [-0.4, -0.2) is 52.0 Å². The Morgan fingerprint density at radius 1 is 1.02 bits per heavy atom. The summed E-state index contributed by atoms with van der Waals surface area (Å²) >= 11 is 0. The highest BCUT2D eigenvalue weighted by molar-refractivity contribution is 5.98. The number of carboxylic acids is 1. The van der Waals surface area contributed by atoms with Gasteiger partial charge in [0.25, 0.3) is 6.41 Å². The number of hydrogen-bond acceptors (Lipinski definition) is 6. The molecule has 3 atom stereocenters. The molecule has 1 fully saturated rings. The maximum absolute atomic E-state index is 13.5. The first-order chi connectivity index (χ1) is 18.9. The zero-order valence-electron chi connectivity index (χ0n) is 23.3. The van der Waals surface area contributed by atoms with Crippen LogP contribution in [-0.2, 0) is 11.2 Å². The quantitative estimate of drug-likeness (QED) is 0.244. The van der Waals surface area contributed by atoms with Gasteiger partial charge in [-0.2, -0.15) is 0 Å². The van der Waals surface area contributed by atoms with Gasteiger partial charge >= 0.3 is 5.97 Å². The lowest BCUT2D eigenvalue weighted by Gasteiger charge is -2.25. The molecule has 0 aromatic heterocycles. The van der Waals surface area contributed by atoms with Crippen molar-refractivity contribution in [3.05, 3.63) is 94.8 Å². The van der Waals surface area contributed by atoms with Gasteiger partial charge in [-0.1, -0.05) is 30.3 Å². The molecule has 1 aliphatic heterocycles. The minimum absolute atomic E-state index is 0.0749. The van der Waals surface area contributed by atoms with Gasteiger partial charge in [0.1, 0.15) is 17.3 Å². The Labute approximate surface area is 234 Å². The number of aryl methyl sites for hydroxylation is 3. The van der Waals surface area contributed by atoms with Crippen molar-refractivity contribution in [1.29, 1.82) is 0 Å². The largest absolute Gasteiger partial charge is 0.478 e. The summed E-state index contributed by atoms with van der Waals surface area (Å²) in [7, 11) is 0. The van der Waals surface area contributed by atoms with Crippen LogP contribution >= 0.6 is 0 Å². The number of carbonyl (C=O) groups is 2. The highest BCUT2D eigenvalue weighted by atomic mass is 19.1. The van der Waals surface area contributed by atoms with E-state index in [1.54, 1.807) is 17.0 Å². The number of nitrogens with zero attached hydrogens (tertiary/aromatic N) is 1. The first-order valence-corrected chi connectivity index (χ1v) is 13.4. The zero-order valence-corrected chi connectivity index (χ0v) is 23.3. The molecule has 0 bridgehead atoms. The average Bonchev–Trinajstić information content (AvgIpc) is 3.34. The molecule has 1 aliphatic rings. The molecule has 0 radical (unpaired) electrons. The van der Waals surface area contributed by atoms with Gasteiger partial charge in [-0.05, 0) is 99.5 Å². The molecular weight excluding hydrogens is 513 g/mol. The molecule has 212 valence electrons. The van der Waals surface area contributed by atoms with Crippen molar-refractivity contribution in [3.8, 4) is 11.5 Å². The summed E-state index contributed by atoms with van der Waals surface area (Å²) in [6.07, 6.45) is 0.131. The first kappa shape index (κ1) is 29.2. The molecule has 1 heterocycles. The van der Waals surface area contributed by atoms with Gasteiger partial charge in [-0.15, -0.1) is 0 Å². The molecule has 0 amide bonds. The van der Waals surface area contributed by atoms with Crippen LogP contribution in [0.5, 0.6) is 11.5 Å². The second-order valence-corrected chi connectivity index (χ2v) is 11.0. The third kappa shape index (κ3) is 6.87. The van der Waals surface area contributed by atoms with Crippen molar-refractivity contribution >= 4 is 11.8 Å². The fourth-order valence-electron chi connectivity index (χ4n) is 5.19. The number of ether oxygens (including phenoxy) is 2. The third-order valence-electron chi connectivity index (χ3n) is 7.43. The first-order valence-electron chi connectivity index (χ1n) is 13.4. The maximum atomic E-state index is 13.5. The van der Waals surface area contributed by atoms with Crippen molar-refractivity contribution in [3.63, 3.8) is 0 Å². The summed E-state index contributed by atoms with van der Waals surface area (Å²) in [4.78, 5) is 26.8. The molecule has 4 rings (SSSR count). The Bertz CT molecular complexity index is 1320. The van der Waals surface area contributed by atoms with E-state index in [4.69, 9.17) is 9.47 Å². The summed E-state index contributed by atoms with van der Waals surface area (Å²) in [6.45, 7) is 7.57. The number of Topliss-reactive ketones (excluding diaryl/α,β-unsaturated/α-hetero) is 1. The van der Waals surface area contributed by atoms with Gasteiger partial charge < -0.3 is 19.7 Å². The van der Waals surface area contributed by atoms with E-state index in [0.29, 0.717) is 43.0 Å². The van der Waals surface area contributed by atoms with Crippen molar-refractivity contribution in [1.82, 2.24) is 4.90 Å². The smallest absolute Gasteiger partial charge is 0.347 e. The van der Waals surface area contributed by atoms with E-state index in [1.807, 2.05) is 44.2 Å². The molecular formula is C32H36FNO6. The molecule has 0 saturated carbocycles. The van der Waals surface area contributed by atoms with Crippen LogP contribution in [0.4, 0.5) is 4.39 Å². The van der Waals surface area contributed by atoms with Gasteiger partial charge in [-0.3, -0.25) is 4.79 Å². The van der Waals surface area contributed by atoms with E-state index >= 15 is 0 Å². The topological polar surface area (TPSA) is 96.3 Å². The minimum atomic E-state index is -1.36. The molecule has 3 unspecified atom stereocenters. The highest BCUT2D eigenvalue weighted by Gasteiger charge is 2.40. The summed E-state index contributed by atoms with van der Waals surface area (Å²) < 4.78 is 25.1. The Kier molecular flexibility index (Phi) is 8.91. The number of likely N-dealkylation sites (tertiary alicyclic amines) is 1. The number of halogens is 1. The Hall–Kier alpha value is -3.75. The normalized spacial score (nSPS) is 18.4. The van der Waals surface area contributed by atoms with Crippen LogP contribution in [0, 0.1) is 31.5 Å². The lowest BCUT2D eigenvalue weighted by atomic mass is 9.84. The molecule has 0 aliphatic carbocycles. The van der Waals surface area contributed by atoms with E-state index < -0.39 is 29.7 Å². The highest BCUT2D eigenvalue weighted by Crippen LogP contribution is 2.34. The predicted molar refractivity (Wildman–Crippen MR) is 149 cm³/mol. The molecule has 40 heavy (non-hydrogen) atoms. The summed E-state index contributed by atoms with van der Waals surface area (Å²) in [5.74, 6) is -0.941. The van der Waals surface area contributed by atoms with Crippen LogP contribution in [0.2, 0.25) is 0 Å². The fraction of sp³-hybridized carbons (Fsp3) is 0.375. The standard InChI is InChI=1S/C32H36FNO6/c1-20-16-22(17-21(2)29(20)40-32(3,4)30(36)37)10-11-24-18-34(31(38)39-26-8-6-5-7-9-26)19-27(24)28(35)23-12-14-25(33)15-13-23/h5-9,12-17,24,27,31,38H,10-11,18-19H2,1-4H3,(H,36,37). The number of ketones is 1. The SMILES string of the molecule is Cc1cc(CCC2CN(C(O)Oc3ccccc3)CC2C(=O)c2ccc(F)cc2)cc(C)c1OC(C)(C)C(=O)O. The van der Waals surface area contributed by atoms with Gasteiger partial charge in [0.2, 0.25) is 0 Å². The molecule has 1 saturated heterocycles. The number of carbonyl (C=O) groups excluding carboxylic acids is 1. The third-order valence-corrected chi connectivity index (χ3v) is 7.43. The molecule has 3 aromatic rings. The molecule has 7 nitrogen and oxygen atoms in total. The number of aliphatic hydroxyl groups is 1. The van der Waals surface area contributed by atoms with Crippen molar-refractivity contribution in [2.45, 2.75) is 52.6 Å². The van der Waals surface area contributed by atoms with E-state index in [-0.39, 0.29) is 11.7 Å². The Morgan fingerprint density at radius 2 is 1.65 bits per heavy atom. The van der Waals surface area contributed by atoms with Crippen molar-refractivity contribution < 1.29 is 33.7 Å². The van der Waals surface area contributed by atoms with Crippen LogP contribution < -0.4 is 9.47 Å². The van der Waals surface area contributed by atoms with E-state index in [0.717, 1.165) is 16.7 Å². The fourth-order valence-corrected chi connectivity index (χ4v) is 5.19. The van der Waals surface area contributed by atoms with Gasteiger partial charge in [0.05, 0.1) is 0 Å². The number of rotatable bonds is 11. The summed E-state index contributed by atoms with van der Waals surface area (Å²) in [5, 5.41) is 20.3. The lowest BCUT2D eigenvalue weighted by Crippen LogP contribution is -2.38. The van der Waals surface area contributed by atoms with E-state index in [1.165, 1.54) is 38.1 Å². The number of benzene rings is 3. The Morgan fingerprint density at radius 3 is 2.25 bits per heavy atom. The van der Waals surface area contributed by atoms with Crippen LogP contribution in [0.1, 0.15) is 47.3 Å². The van der Waals surface area contributed by atoms with E-state index in [2.05, 4.69) is 0 Å². The molecule has 8 heteroatoms.